The van der Waals surface area contributed by atoms with Crippen molar-refractivity contribution in [3.8, 4) is 0 Å². The Morgan fingerprint density at radius 1 is 0.912 bits per heavy atom. The van der Waals surface area contributed by atoms with Crippen LogP contribution in [0.15, 0.2) is 77.7 Å². The molecule has 3 rings (SSSR count). The fourth-order valence-corrected chi connectivity index (χ4v) is 4.51. The Hall–Kier alpha value is -3.36. The topological polar surface area (TPSA) is 95.6 Å². The molecule has 0 unspecified atom stereocenters. The molecule has 3 aromatic rings. The number of halogens is 1. The van der Waals surface area contributed by atoms with Crippen molar-refractivity contribution in [2.24, 2.45) is 0 Å². The molecule has 178 valence electrons. The van der Waals surface area contributed by atoms with E-state index in [4.69, 9.17) is 11.6 Å². The number of amides is 2. The molecular formula is C25H26ClN3O4S. The van der Waals surface area contributed by atoms with Gasteiger partial charge >= 0.3 is 0 Å². The highest BCUT2D eigenvalue weighted by Crippen LogP contribution is 2.24. The SMILES string of the molecule is CCCCNC(=O)c1ccccc1NC(=O)c1ccc(N(C)S(=O)(=O)c2ccc(Cl)cc2)cc1. The summed E-state index contributed by atoms with van der Waals surface area (Å²) in [6.07, 6.45) is 1.83. The fraction of sp³-hybridized carbons (Fsp3) is 0.200. The van der Waals surface area contributed by atoms with Gasteiger partial charge in [0.25, 0.3) is 21.8 Å². The molecule has 0 bridgehead atoms. The number of anilines is 2. The lowest BCUT2D eigenvalue weighted by molar-refractivity contribution is 0.0954. The molecule has 0 aliphatic carbocycles. The minimum Gasteiger partial charge on any atom is -0.352 e. The monoisotopic (exact) mass is 499 g/mol. The van der Waals surface area contributed by atoms with E-state index in [1.165, 1.54) is 43.4 Å². The minimum atomic E-state index is -3.79. The summed E-state index contributed by atoms with van der Waals surface area (Å²) in [4.78, 5) is 25.4. The Morgan fingerprint density at radius 2 is 1.56 bits per heavy atom. The van der Waals surface area contributed by atoms with Gasteiger partial charge in [0.1, 0.15) is 0 Å². The van der Waals surface area contributed by atoms with Gasteiger partial charge in [0.05, 0.1) is 21.8 Å². The molecule has 7 nitrogen and oxygen atoms in total. The molecule has 0 heterocycles. The molecule has 34 heavy (non-hydrogen) atoms. The van der Waals surface area contributed by atoms with Crippen LogP contribution in [0.3, 0.4) is 0 Å². The second-order valence-electron chi connectivity index (χ2n) is 7.58. The van der Waals surface area contributed by atoms with E-state index in [0.29, 0.717) is 34.1 Å². The second-order valence-corrected chi connectivity index (χ2v) is 9.99. The number of rotatable bonds is 9. The van der Waals surface area contributed by atoms with Crippen LogP contribution in [0, 0.1) is 0 Å². The fourth-order valence-electron chi connectivity index (χ4n) is 3.18. The summed E-state index contributed by atoms with van der Waals surface area (Å²) >= 11 is 5.85. The number of nitrogens with one attached hydrogen (secondary N) is 2. The number of hydrogen-bond donors (Lipinski definition) is 2. The Labute approximate surface area is 204 Å². The van der Waals surface area contributed by atoms with Crippen molar-refractivity contribution in [2.75, 3.05) is 23.2 Å². The summed E-state index contributed by atoms with van der Waals surface area (Å²) in [7, 11) is -2.35. The van der Waals surface area contributed by atoms with Crippen LogP contribution in [0.1, 0.15) is 40.5 Å². The third-order valence-electron chi connectivity index (χ3n) is 5.20. The summed E-state index contributed by atoms with van der Waals surface area (Å²) in [5.41, 5.74) is 1.48. The Bertz CT molecular complexity index is 1260. The van der Waals surface area contributed by atoms with Gasteiger partial charge in [-0.3, -0.25) is 13.9 Å². The molecule has 2 N–H and O–H groups in total. The zero-order chi connectivity index (χ0) is 24.7. The zero-order valence-corrected chi connectivity index (χ0v) is 20.5. The molecule has 0 aromatic heterocycles. The minimum absolute atomic E-state index is 0.107. The quantitative estimate of drug-likeness (QED) is 0.407. The standard InChI is InChI=1S/C25H26ClN3O4S/c1-3-4-17-27-25(31)22-7-5-6-8-23(22)28-24(30)18-9-13-20(14-10-18)29(2)34(32,33)21-15-11-19(26)12-16-21/h5-16H,3-4,17H2,1-2H3,(H,27,31)(H,28,30). The number of carbonyl (C=O) groups is 2. The Kier molecular flexibility index (Phi) is 8.31. The first-order valence-electron chi connectivity index (χ1n) is 10.8. The molecule has 2 amide bonds. The third kappa shape index (κ3) is 5.95. The first-order valence-corrected chi connectivity index (χ1v) is 12.6. The van der Waals surface area contributed by atoms with E-state index in [1.54, 1.807) is 36.4 Å². The van der Waals surface area contributed by atoms with E-state index in [1.807, 2.05) is 6.92 Å². The van der Waals surface area contributed by atoms with Crippen LogP contribution in [-0.4, -0.2) is 33.8 Å². The van der Waals surface area contributed by atoms with Gasteiger partial charge in [-0.05, 0) is 67.1 Å². The van der Waals surface area contributed by atoms with Gasteiger partial charge in [0, 0.05) is 24.2 Å². The highest BCUT2D eigenvalue weighted by molar-refractivity contribution is 7.92. The first kappa shape index (κ1) is 25.3. The van der Waals surface area contributed by atoms with E-state index in [-0.39, 0.29) is 10.8 Å². The number of para-hydroxylation sites is 1. The van der Waals surface area contributed by atoms with Crippen molar-refractivity contribution in [1.29, 1.82) is 0 Å². The van der Waals surface area contributed by atoms with Crippen LogP contribution in [0.4, 0.5) is 11.4 Å². The summed E-state index contributed by atoms with van der Waals surface area (Å²) in [6, 6.07) is 18.8. The molecule has 0 spiro atoms. The Morgan fingerprint density at radius 3 is 2.21 bits per heavy atom. The third-order valence-corrected chi connectivity index (χ3v) is 7.25. The molecule has 0 aliphatic rings. The molecule has 0 fully saturated rings. The van der Waals surface area contributed by atoms with Gasteiger partial charge in [-0.25, -0.2) is 8.42 Å². The number of carbonyl (C=O) groups excluding carboxylic acids is 2. The van der Waals surface area contributed by atoms with Crippen LogP contribution in [0.5, 0.6) is 0 Å². The van der Waals surface area contributed by atoms with E-state index < -0.39 is 15.9 Å². The van der Waals surface area contributed by atoms with Crippen molar-refractivity contribution in [2.45, 2.75) is 24.7 Å². The lowest BCUT2D eigenvalue weighted by Gasteiger charge is -2.20. The first-order chi connectivity index (χ1) is 16.2. The number of unbranched alkanes of at least 4 members (excludes halogenated alkanes) is 1. The average Bonchev–Trinajstić information content (AvgIpc) is 2.84. The molecule has 0 saturated heterocycles. The number of sulfonamides is 1. The van der Waals surface area contributed by atoms with Crippen LogP contribution < -0.4 is 14.9 Å². The van der Waals surface area contributed by atoms with Gasteiger partial charge in [0.15, 0.2) is 0 Å². The van der Waals surface area contributed by atoms with Crippen molar-refractivity contribution < 1.29 is 18.0 Å². The van der Waals surface area contributed by atoms with Gasteiger partial charge in [-0.2, -0.15) is 0 Å². The lowest BCUT2D eigenvalue weighted by Crippen LogP contribution is -2.27. The number of hydrogen-bond acceptors (Lipinski definition) is 4. The van der Waals surface area contributed by atoms with Gasteiger partial charge < -0.3 is 10.6 Å². The largest absolute Gasteiger partial charge is 0.352 e. The maximum absolute atomic E-state index is 12.9. The summed E-state index contributed by atoms with van der Waals surface area (Å²) < 4.78 is 26.9. The van der Waals surface area contributed by atoms with E-state index in [9.17, 15) is 18.0 Å². The summed E-state index contributed by atoms with van der Waals surface area (Å²) in [5.74, 6) is -0.669. The smallest absolute Gasteiger partial charge is 0.264 e. The predicted octanol–water partition coefficient (Wildman–Crippen LogP) is 4.95. The van der Waals surface area contributed by atoms with Gasteiger partial charge in [0.2, 0.25) is 0 Å². The van der Waals surface area contributed by atoms with Crippen molar-refractivity contribution in [3.63, 3.8) is 0 Å². The molecule has 0 aliphatic heterocycles. The van der Waals surface area contributed by atoms with Crippen molar-refractivity contribution in [1.82, 2.24) is 5.32 Å². The summed E-state index contributed by atoms with van der Waals surface area (Å²) in [6.45, 7) is 2.60. The van der Waals surface area contributed by atoms with Crippen molar-refractivity contribution >= 4 is 44.8 Å². The van der Waals surface area contributed by atoms with E-state index >= 15 is 0 Å². The molecule has 0 saturated carbocycles. The summed E-state index contributed by atoms with van der Waals surface area (Å²) in [5, 5.41) is 6.05. The number of benzene rings is 3. The van der Waals surface area contributed by atoms with Crippen LogP contribution in [0.2, 0.25) is 5.02 Å². The normalized spacial score (nSPS) is 11.0. The highest BCUT2D eigenvalue weighted by Gasteiger charge is 2.21. The Balaban J connectivity index is 1.74. The lowest BCUT2D eigenvalue weighted by atomic mass is 10.1. The molecule has 3 aromatic carbocycles. The second kappa shape index (κ2) is 11.2. The zero-order valence-electron chi connectivity index (χ0n) is 18.9. The maximum Gasteiger partial charge on any atom is 0.264 e. The van der Waals surface area contributed by atoms with Gasteiger partial charge in [-0.1, -0.05) is 37.1 Å². The number of nitrogens with zero attached hydrogens (tertiary/aromatic N) is 1. The molecule has 0 radical (unpaired) electrons. The van der Waals surface area contributed by atoms with E-state index in [0.717, 1.165) is 17.1 Å². The maximum atomic E-state index is 12.9. The van der Waals surface area contributed by atoms with E-state index in [2.05, 4.69) is 10.6 Å². The molecular weight excluding hydrogens is 474 g/mol. The van der Waals surface area contributed by atoms with Crippen LogP contribution in [-0.2, 0) is 10.0 Å². The predicted molar refractivity (Wildman–Crippen MR) is 135 cm³/mol. The highest BCUT2D eigenvalue weighted by atomic mass is 35.5. The average molecular weight is 500 g/mol. The van der Waals surface area contributed by atoms with Gasteiger partial charge in [-0.15, -0.1) is 0 Å². The van der Waals surface area contributed by atoms with Crippen LogP contribution >= 0.6 is 11.6 Å². The molecule has 9 heteroatoms. The van der Waals surface area contributed by atoms with Crippen LogP contribution in [0.25, 0.3) is 0 Å². The molecule has 0 atom stereocenters. The van der Waals surface area contributed by atoms with Crippen molar-refractivity contribution in [3.05, 3.63) is 88.9 Å².